The summed E-state index contributed by atoms with van der Waals surface area (Å²) in [6, 6.07) is 24.9. The van der Waals surface area contributed by atoms with Crippen LogP contribution < -0.4 is 4.74 Å². The molecule has 2 nitrogen and oxygen atoms in total. The van der Waals surface area contributed by atoms with E-state index in [1.54, 1.807) is 0 Å². The summed E-state index contributed by atoms with van der Waals surface area (Å²) in [5, 5.41) is 0.764. The van der Waals surface area contributed by atoms with Crippen LogP contribution in [0.4, 0.5) is 0 Å². The van der Waals surface area contributed by atoms with Crippen molar-refractivity contribution >= 4 is 17.3 Å². The molecule has 1 atom stereocenters. The third-order valence-corrected chi connectivity index (χ3v) is 5.32. The van der Waals surface area contributed by atoms with Crippen LogP contribution in [0.3, 0.4) is 0 Å². The second-order valence-corrected chi connectivity index (χ2v) is 7.80. The summed E-state index contributed by atoms with van der Waals surface area (Å²) in [5.41, 5.74) is 5.62. The van der Waals surface area contributed by atoms with E-state index in [-0.39, 0.29) is 12.1 Å². The molecule has 1 aliphatic heterocycles. The Balaban J connectivity index is 1.70. The van der Waals surface area contributed by atoms with Crippen LogP contribution >= 0.6 is 11.6 Å². The predicted molar refractivity (Wildman–Crippen MR) is 118 cm³/mol. The summed E-state index contributed by atoms with van der Waals surface area (Å²) in [7, 11) is 0. The van der Waals surface area contributed by atoms with Gasteiger partial charge >= 0.3 is 0 Å². The number of ether oxygens (including phenoxy) is 1. The Morgan fingerprint density at radius 2 is 1.68 bits per heavy atom. The number of aliphatic imine (C=N–C) groups is 1. The Kier molecular flexibility index (Phi) is 5.50. The molecule has 0 N–H and O–H groups in total. The molecule has 0 aliphatic carbocycles. The van der Waals surface area contributed by atoms with Crippen molar-refractivity contribution in [1.82, 2.24) is 0 Å². The second-order valence-electron chi connectivity index (χ2n) is 7.40. The van der Waals surface area contributed by atoms with Crippen LogP contribution in [0, 0.1) is 0 Å². The van der Waals surface area contributed by atoms with Gasteiger partial charge in [-0.05, 0) is 49.9 Å². The van der Waals surface area contributed by atoms with Gasteiger partial charge in [-0.1, -0.05) is 72.3 Å². The molecular weight excluding hydrogens is 366 g/mol. The SMILES string of the molecule is CC(C)Oc1cc(-c2ccccc2)ccc1C1CCC(c2ccccc2Cl)=N1. The summed E-state index contributed by atoms with van der Waals surface area (Å²) in [6.45, 7) is 4.12. The van der Waals surface area contributed by atoms with E-state index in [0.717, 1.165) is 46.0 Å². The minimum atomic E-state index is 0.102. The van der Waals surface area contributed by atoms with Gasteiger partial charge in [0.15, 0.2) is 0 Å². The molecule has 0 bridgehead atoms. The van der Waals surface area contributed by atoms with Crippen molar-refractivity contribution in [3.8, 4) is 16.9 Å². The highest BCUT2D eigenvalue weighted by Gasteiger charge is 2.24. The van der Waals surface area contributed by atoms with Gasteiger partial charge in [-0.15, -0.1) is 0 Å². The van der Waals surface area contributed by atoms with Crippen LogP contribution in [-0.2, 0) is 0 Å². The normalized spacial score (nSPS) is 16.3. The number of hydrogen-bond acceptors (Lipinski definition) is 2. The number of nitrogens with zero attached hydrogens (tertiary/aromatic N) is 1. The van der Waals surface area contributed by atoms with E-state index in [0.29, 0.717) is 0 Å². The van der Waals surface area contributed by atoms with Gasteiger partial charge in [-0.2, -0.15) is 0 Å². The zero-order chi connectivity index (χ0) is 19.5. The van der Waals surface area contributed by atoms with Crippen LogP contribution in [0.5, 0.6) is 5.75 Å². The molecule has 3 aromatic carbocycles. The smallest absolute Gasteiger partial charge is 0.125 e. The van der Waals surface area contributed by atoms with Gasteiger partial charge in [0.05, 0.1) is 12.1 Å². The highest BCUT2D eigenvalue weighted by atomic mass is 35.5. The Bertz CT molecular complexity index is 994. The molecule has 1 aliphatic rings. The maximum Gasteiger partial charge on any atom is 0.125 e. The molecule has 0 aromatic heterocycles. The molecule has 0 amide bonds. The van der Waals surface area contributed by atoms with E-state index in [4.69, 9.17) is 21.3 Å². The van der Waals surface area contributed by atoms with Gasteiger partial charge in [0.2, 0.25) is 0 Å². The van der Waals surface area contributed by atoms with Crippen molar-refractivity contribution in [2.45, 2.75) is 38.8 Å². The first kappa shape index (κ1) is 18.8. The van der Waals surface area contributed by atoms with Gasteiger partial charge in [-0.25, -0.2) is 0 Å². The molecule has 28 heavy (non-hydrogen) atoms. The van der Waals surface area contributed by atoms with Crippen LogP contribution in [0.25, 0.3) is 11.1 Å². The van der Waals surface area contributed by atoms with Gasteiger partial charge in [0.1, 0.15) is 5.75 Å². The second kappa shape index (κ2) is 8.20. The molecule has 0 saturated carbocycles. The van der Waals surface area contributed by atoms with E-state index in [1.165, 1.54) is 5.56 Å². The lowest BCUT2D eigenvalue weighted by Gasteiger charge is -2.18. The van der Waals surface area contributed by atoms with Crippen molar-refractivity contribution in [2.24, 2.45) is 4.99 Å². The number of rotatable bonds is 5. The monoisotopic (exact) mass is 389 g/mol. The topological polar surface area (TPSA) is 21.6 Å². The molecule has 0 spiro atoms. The predicted octanol–water partition coefficient (Wildman–Crippen LogP) is 7.12. The van der Waals surface area contributed by atoms with E-state index < -0.39 is 0 Å². The third-order valence-electron chi connectivity index (χ3n) is 4.99. The Morgan fingerprint density at radius 1 is 0.929 bits per heavy atom. The summed E-state index contributed by atoms with van der Waals surface area (Å²) in [5.74, 6) is 0.922. The number of hydrogen-bond donors (Lipinski definition) is 0. The molecule has 1 unspecified atom stereocenters. The highest BCUT2D eigenvalue weighted by molar-refractivity contribution is 6.34. The fraction of sp³-hybridized carbons (Fsp3) is 0.240. The molecule has 0 fully saturated rings. The molecule has 4 rings (SSSR count). The molecule has 1 heterocycles. The average Bonchev–Trinajstić information content (AvgIpc) is 3.18. The first-order valence-electron chi connectivity index (χ1n) is 9.79. The highest BCUT2D eigenvalue weighted by Crippen LogP contribution is 2.39. The van der Waals surface area contributed by atoms with Gasteiger partial charge in [0, 0.05) is 21.9 Å². The van der Waals surface area contributed by atoms with Crippen LogP contribution in [0.1, 0.15) is 43.9 Å². The molecule has 0 saturated heterocycles. The van der Waals surface area contributed by atoms with Crippen molar-refractivity contribution in [3.63, 3.8) is 0 Å². The minimum absolute atomic E-state index is 0.102. The first-order chi connectivity index (χ1) is 13.6. The van der Waals surface area contributed by atoms with Crippen molar-refractivity contribution < 1.29 is 4.74 Å². The fourth-order valence-corrected chi connectivity index (χ4v) is 3.94. The summed E-state index contributed by atoms with van der Waals surface area (Å²) < 4.78 is 6.19. The molecule has 3 heteroatoms. The zero-order valence-electron chi connectivity index (χ0n) is 16.2. The van der Waals surface area contributed by atoms with Gasteiger partial charge in [0.25, 0.3) is 0 Å². The molecule has 0 radical (unpaired) electrons. The zero-order valence-corrected chi connectivity index (χ0v) is 17.0. The summed E-state index contributed by atoms with van der Waals surface area (Å²) in [6.07, 6.45) is 2.01. The van der Waals surface area contributed by atoms with E-state index in [1.807, 2.05) is 30.3 Å². The Labute approximate surface area is 171 Å². The Hall–Kier alpha value is -2.58. The quantitative estimate of drug-likeness (QED) is 0.455. The number of halogens is 1. The van der Waals surface area contributed by atoms with Crippen molar-refractivity contribution in [2.75, 3.05) is 0 Å². The lowest BCUT2D eigenvalue weighted by molar-refractivity contribution is 0.239. The maximum atomic E-state index is 6.38. The lowest BCUT2D eigenvalue weighted by atomic mass is 9.98. The van der Waals surface area contributed by atoms with E-state index in [2.05, 4.69) is 56.3 Å². The van der Waals surface area contributed by atoms with Crippen LogP contribution in [0.2, 0.25) is 5.02 Å². The molecular formula is C25H24ClNO. The van der Waals surface area contributed by atoms with Gasteiger partial charge in [-0.3, -0.25) is 4.99 Å². The Morgan fingerprint density at radius 3 is 2.43 bits per heavy atom. The van der Waals surface area contributed by atoms with Crippen molar-refractivity contribution in [1.29, 1.82) is 0 Å². The average molecular weight is 390 g/mol. The fourth-order valence-electron chi connectivity index (χ4n) is 3.69. The first-order valence-corrected chi connectivity index (χ1v) is 10.2. The van der Waals surface area contributed by atoms with Gasteiger partial charge < -0.3 is 4.74 Å². The maximum absolute atomic E-state index is 6.38. The minimum Gasteiger partial charge on any atom is -0.491 e. The third kappa shape index (κ3) is 3.98. The van der Waals surface area contributed by atoms with Crippen LogP contribution in [0.15, 0.2) is 77.8 Å². The number of benzene rings is 3. The van der Waals surface area contributed by atoms with Crippen molar-refractivity contribution in [3.05, 3.63) is 88.9 Å². The standard InChI is InChI=1S/C25H24ClNO/c1-17(2)28-25-16-19(18-8-4-3-5-9-18)12-13-21(25)24-15-14-23(27-24)20-10-6-7-11-22(20)26/h3-13,16-17,24H,14-15H2,1-2H3. The van der Waals surface area contributed by atoms with E-state index >= 15 is 0 Å². The summed E-state index contributed by atoms with van der Waals surface area (Å²) >= 11 is 6.38. The largest absolute Gasteiger partial charge is 0.491 e. The molecule has 3 aromatic rings. The lowest BCUT2D eigenvalue weighted by Crippen LogP contribution is -2.08. The molecule has 142 valence electrons. The van der Waals surface area contributed by atoms with E-state index in [9.17, 15) is 0 Å². The van der Waals surface area contributed by atoms with Crippen LogP contribution in [-0.4, -0.2) is 11.8 Å². The summed E-state index contributed by atoms with van der Waals surface area (Å²) in [4.78, 5) is 5.01.